The molecule has 1 heterocycles. The van der Waals surface area contributed by atoms with Crippen LogP contribution >= 0.6 is 0 Å². The van der Waals surface area contributed by atoms with Gasteiger partial charge < -0.3 is 4.90 Å². The molecule has 108 valence electrons. The fourth-order valence-electron chi connectivity index (χ4n) is 3.53. The first-order chi connectivity index (χ1) is 9.48. The Labute approximate surface area is 119 Å². The topological polar surface area (TPSA) is 32.3 Å². The van der Waals surface area contributed by atoms with Gasteiger partial charge in [0.25, 0.3) is 0 Å². The largest absolute Gasteiger partial charge is 0.319 e. The molecule has 3 nitrogen and oxygen atoms in total. The van der Waals surface area contributed by atoms with E-state index in [-0.39, 0.29) is 29.3 Å². The number of hydrogen-bond donors (Lipinski definition) is 1. The van der Waals surface area contributed by atoms with Crippen LogP contribution in [-0.4, -0.2) is 23.4 Å². The Hall–Kier alpha value is -1.42. The third-order valence-electron chi connectivity index (χ3n) is 4.55. The maximum atomic E-state index is 14.0. The van der Waals surface area contributed by atoms with Crippen LogP contribution in [0.1, 0.15) is 44.8 Å². The first-order valence-electron chi connectivity index (χ1n) is 7.27. The van der Waals surface area contributed by atoms with Crippen LogP contribution < -0.4 is 5.32 Å². The van der Waals surface area contributed by atoms with Gasteiger partial charge in [0, 0.05) is 11.6 Å². The van der Waals surface area contributed by atoms with E-state index in [1.165, 1.54) is 6.07 Å². The molecule has 2 fully saturated rings. The van der Waals surface area contributed by atoms with Gasteiger partial charge in [-0.15, -0.1) is 0 Å². The highest BCUT2D eigenvalue weighted by atomic mass is 19.1. The zero-order valence-corrected chi connectivity index (χ0v) is 12.0. The summed E-state index contributed by atoms with van der Waals surface area (Å²) in [5.41, 5.74) is 0.843. The van der Waals surface area contributed by atoms with Crippen molar-refractivity contribution in [3.63, 3.8) is 0 Å². The van der Waals surface area contributed by atoms with Gasteiger partial charge >= 0.3 is 0 Å². The molecule has 20 heavy (non-hydrogen) atoms. The fourth-order valence-corrected chi connectivity index (χ4v) is 3.53. The molecular weight excluding hydrogens is 255 g/mol. The Bertz CT molecular complexity index is 529. The number of rotatable bonds is 2. The Balaban J connectivity index is 1.88. The number of carbonyl (C=O) groups excluding carboxylic acids is 1. The van der Waals surface area contributed by atoms with Crippen LogP contribution in [0.2, 0.25) is 0 Å². The highest BCUT2D eigenvalue weighted by molar-refractivity contribution is 5.81. The van der Waals surface area contributed by atoms with Crippen LogP contribution in [0.3, 0.4) is 0 Å². The van der Waals surface area contributed by atoms with Gasteiger partial charge in [-0.1, -0.05) is 32.0 Å². The fraction of sp³-hybridized carbons (Fsp3) is 0.562. The number of nitrogens with one attached hydrogen (secondary N) is 1. The second-order valence-electron chi connectivity index (χ2n) is 6.67. The molecule has 1 aromatic carbocycles. The second-order valence-corrected chi connectivity index (χ2v) is 6.67. The summed E-state index contributed by atoms with van der Waals surface area (Å²) in [5, 5.41) is 3.15. The van der Waals surface area contributed by atoms with Crippen molar-refractivity contribution in [1.82, 2.24) is 10.2 Å². The molecule has 1 N–H and O–H groups in total. The molecule has 0 radical (unpaired) electrons. The van der Waals surface area contributed by atoms with Crippen molar-refractivity contribution in [3.8, 4) is 0 Å². The molecule has 4 heteroatoms. The van der Waals surface area contributed by atoms with Gasteiger partial charge in [0.2, 0.25) is 5.91 Å². The number of nitrogens with zero attached hydrogens (tertiary/aromatic N) is 1. The van der Waals surface area contributed by atoms with E-state index < -0.39 is 0 Å². The molecule has 0 bridgehead atoms. The monoisotopic (exact) mass is 276 g/mol. The van der Waals surface area contributed by atoms with Gasteiger partial charge in [0.15, 0.2) is 0 Å². The minimum absolute atomic E-state index is 0.0842. The molecule has 1 aromatic rings. The van der Waals surface area contributed by atoms with Crippen LogP contribution in [0.25, 0.3) is 0 Å². The lowest BCUT2D eigenvalue weighted by Gasteiger charge is -2.31. The zero-order valence-electron chi connectivity index (χ0n) is 12.0. The number of hydrogen-bond acceptors (Lipinski definition) is 2. The standard InChI is InChI=1S/C16H21FN2O/c1-16(2)8-7-11(9-16)19-14(20)10-18-15(19)12-5-3-4-6-13(12)17/h3-6,11,15,18H,7-10H2,1-2H3. The highest BCUT2D eigenvalue weighted by Gasteiger charge is 2.42. The SMILES string of the molecule is CC1(C)CCC(N2C(=O)CNC2c2ccccc2F)C1. The van der Waals surface area contributed by atoms with E-state index in [1.807, 2.05) is 11.0 Å². The third-order valence-corrected chi connectivity index (χ3v) is 4.55. The third kappa shape index (κ3) is 2.33. The van der Waals surface area contributed by atoms with Crippen molar-refractivity contribution in [2.75, 3.05) is 6.54 Å². The lowest BCUT2D eigenvalue weighted by Crippen LogP contribution is -2.39. The minimum Gasteiger partial charge on any atom is -0.319 e. The van der Waals surface area contributed by atoms with E-state index in [2.05, 4.69) is 19.2 Å². The average Bonchev–Trinajstić information content (AvgIpc) is 2.93. The molecule has 2 atom stereocenters. The van der Waals surface area contributed by atoms with E-state index in [0.717, 1.165) is 19.3 Å². The molecule has 1 saturated carbocycles. The molecule has 0 spiro atoms. The molecule has 0 aromatic heterocycles. The highest BCUT2D eigenvalue weighted by Crippen LogP contribution is 2.42. The molecule has 2 aliphatic rings. The summed E-state index contributed by atoms with van der Waals surface area (Å²) in [6, 6.07) is 6.94. The Morgan fingerprint density at radius 2 is 2.10 bits per heavy atom. The molecule has 1 aliphatic carbocycles. The van der Waals surface area contributed by atoms with Gasteiger partial charge in [-0.25, -0.2) is 4.39 Å². The summed E-state index contributed by atoms with van der Waals surface area (Å²) in [6.45, 7) is 4.77. The molecule has 1 amide bonds. The Morgan fingerprint density at radius 1 is 1.35 bits per heavy atom. The molecular formula is C16H21FN2O. The van der Waals surface area contributed by atoms with Crippen molar-refractivity contribution in [3.05, 3.63) is 35.6 Å². The Morgan fingerprint density at radius 3 is 2.75 bits per heavy atom. The first-order valence-corrected chi connectivity index (χ1v) is 7.27. The van der Waals surface area contributed by atoms with Crippen LogP contribution in [0.4, 0.5) is 4.39 Å². The summed E-state index contributed by atoms with van der Waals surface area (Å²) in [6.07, 6.45) is 2.80. The summed E-state index contributed by atoms with van der Waals surface area (Å²) in [7, 11) is 0. The van der Waals surface area contributed by atoms with E-state index in [0.29, 0.717) is 12.1 Å². The number of carbonyl (C=O) groups is 1. The number of benzene rings is 1. The number of amides is 1. The van der Waals surface area contributed by atoms with Crippen molar-refractivity contribution in [2.24, 2.45) is 5.41 Å². The van der Waals surface area contributed by atoms with Gasteiger partial charge in [-0.2, -0.15) is 0 Å². The Kier molecular flexibility index (Phi) is 3.28. The molecule has 1 aliphatic heterocycles. The molecule has 2 unspecified atom stereocenters. The average molecular weight is 276 g/mol. The first kappa shape index (κ1) is 13.6. The van der Waals surface area contributed by atoms with Crippen LogP contribution in [-0.2, 0) is 4.79 Å². The maximum Gasteiger partial charge on any atom is 0.238 e. The van der Waals surface area contributed by atoms with Gasteiger partial charge in [0.05, 0.1) is 6.54 Å². The lowest BCUT2D eigenvalue weighted by molar-refractivity contribution is -0.130. The van der Waals surface area contributed by atoms with Gasteiger partial charge in [-0.05, 0) is 30.7 Å². The summed E-state index contributed by atoms with van der Waals surface area (Å²) < 4.78 is 14.0. The lowest BCUT2D eigenvalue weighted by atomic mass is 9.91. The van der Waals surface area contributed by atoms with Crippen LogP contribution in [0.15, 0.2) is 24.3 Å². The predicted octanol–water partition coefficient (Wildman–Crippen LogP) is 2.83. The summed E-state index contributed by atoms with van der Waals surface area (Å²) >= 11 is 0. The van der Waals surface area contributed by atoms with Crippen LogP contribution in [0, 0.1) is 11.2 Å². The van der Waals surface area contributed by atoms with Crippen molar-refractivity contribution in [1.29, 1.82) is 0 Å². The van der Waals surface area contributed by atoms with E-state index in [9.17, 15) is 9.18 Å². The van der Waals surface area contributed by atoms with Crippen LogP contribution in [0.5, 0.6) is 0 Å². The quantitative estimate of drug-likeness (QED) is 0.901. The summed E-state index contributed by atoms with van der Waals surface area (Å²) in [4.78, 5) is 14.1. The van der Waals surface area contributed by atoms with E-state index in [1.54, 1.807) is 12.1 Å². The normalized spacial score (nSPS) is 29.1. The van der Waals surface area contributed by atoms with Crippen molar-refractivity contribution in [2.45, 2.75) is 45.3 Å². The minimum atomic E-state index is -0.317. The number of halogens is 1. The predicted molar refractivity (Wildman–Crippen MR) is 75.4 cm³/mol. The maximum absolute atomic E-state index is 14.0. The van der Waals surface area contributed by atoms with E-state index in [4.69, 9.17) is 0 Å². The molecule has 1 saturated heterocycles. The van der Waals surface area contributed by atoms with E-state index >= 15 is 0 Å². The summed E-state index contributed by atoms with van der Waals surface area (Å²) in [5.74, 6) is -0.164. The van der Waals surface area contributed by atoms with Gasteiger partial charge in [-0.3, -0.25) is 10.1 Å². The van der Waals surface area contributed by atoms with Crippen molar-refractivity contribution >= 4 is 5.91 Å². The second kappa shape index (κ2) is 4.85. The zero-order chi connectivity index (χ0) is 14.3. The smallest absolute Gasteiger partial charge is 0.238 e. The molecule has 3 rings (SSSR count). The van der Waals surface area contributed by atoms with Gasteiger partial charge in [0.1, 0.15) is 12.0 Å². The van der Waals surface area contributed by atoms with Crippen molar-refractivity contribution < 1.29 is 9.18 Å².